The Balaban J connectivity index is 1.33. The molecule has 1 spiro atoms. The third kappa shape index (κ3) is 3.25. The summed E-state index contributed by atoms with van der Waals surface area (Å²) >= 11 is 0. The second-order valence-electron chi connectivity index (χ2n) is 9.04. The van der Waals surface area contributed by atoms with Crippen molar-refractivity contribution in [3.8, 4) is 5.69 Å². The number of anilines is 1. The van der Waals surface area contributed by atoms with E-state index >= 15 is 0 Å². The van der Waals surface area contributed by atoms with E-state index in [0.717, 1.165) is 42.7 Å². The van der Waals surface area contributed by atoms with Gasteiger partial charge in [-0.1, -0.05) is 0 Å². The van der Waals surface area contributed by atoms with E-state index in [1.54, 1.807) is 23.3 Å². The van der Waals surface area contributed by atoms with E-state index in [1.807, 2.05) is 18.2 Å². The van der Waals surface area contributed by atoms with E-state index in [-0.39, 0.29) is 24.2 Å². The lowest BCUT2D eigenvalue weighted by atomic mass is 9.73. The molecule has 4 aromatic rings. The molecular formula is C23H26N8O2. The first-order chi connectivity index (χ1) is 16.1. The fourth-order valence-electron chi connectivity index (χ4n) is 5.14. The number of hydrogen-bond donors (Lipinski definition) is 2. The molecule has 2 fully saturated rings. The summed E-state index contributed by atoms with van der Waals surface area (Å²) in [5, 5.41) is 14.6. The zero-order chi connectivity index (χ0) is 22.6. The predicted molar refractivity (Wildman–Crippen MR) is 123 cm³/mol. The fourth-order valence-corrected chi connectivity index (χ4v) is 5.14. The maximum Gasteiger partial charge on any atom is 0.182 e. The molecule has 5 heterocycles. The standard InChI is InChI=1S/C23H26N8O2/c1-14-20(24)23(13-33-14)4-8-30(9-5-23)21-19(12-32)29-22-18(28-21)11-27-31(22)15-2-3-16-17(10-15)26-7-6-25-16/h2-3,6-7,10-11,14,20,32H,4-5,8-9,12-13,24H2,1H3/t14-,20+/m0/s1. The zero-order valence-electron chi connectivity index (χ0n) is 18.4. The van der Waals surface area contributed by atoms with Crippen molar-refractivity contribution in [1.82, 2.24) is 29.7 Å². The van der Waals surface area contributed by atoms with Crippen LogP contribution in [0.4, 0.5) is 5.82 Å². The van der Waals surface area contributed by atoms with E-state index in [2.05, 4.69) is 26.9 Å². The quantitative estimate of drug-likeness (QED) is 0.482. The molecule has 33 heavy (non-hydrogen) atoms. The van der Waals surface area contributed by atoms with Crippen molar-refractivity contribution in [2.24, 2.45) is 11.1 Å². The van der Waals surface area contributed by atoms with Gasteiger partial charge in [0.05, 0.1) is 42.2 Å². The van der Waals surface area contributed by atoms with E-state index in [9.17, 15) is 5.11 Å². The van der Waals surface area contributed by atoms with Crippen LogP contribution in [0.2, 0.25) is 0 Å². The minimum atomic E-state index is -0.200. The van der Waals surface area contributed by atoms with Crippen LogP contribution >= 0.6 is 0 Å². The molecule has 3 aromatic heterocycles. The van der Waals surface area contributed by atoms with Gasteiger partial charge in [-0.05, 0) is 38.0 Å². The molecule has 10 heteroatoms. The molecule has 0 amide bonds. The van der Waals surface area contributed by atoms with Gasteiger partial charge in [-0.15, -0.1) is 0 Å². The van der Waals surface area contributed by atoms with E-state index < -0.39 is 0 Å². The lowest BCUT2D eigenvalue weighted by Gasteiger charge is -2.41. The lowest BCUT2D eigenvalue weighted by molar-refractivity contribution is 0.0973. The Bertz CT molecular complexity index is 1330. The topological polar surface area (TPSA) is 128 Å². The van der Waals surface area contributed by atoms with Crippen LogP contribution in [-0.2, 0) is 11.3 Å². The molecule has 0 bridgehead atoms. The Hall–Kier alpha value is -3.21. The maximum atomic E-state index is 10.1. The molecular weight excluding hydrogens is 420 g/mol. The second-order valence-corrected chi connectivity index (χ2v) is 9.04. The first kappa shape index (κ1) is 20.4. The number of benzene rings is 1. The van der Waals surface area contributed by atoms with Gasteiger partial charge in [0.1, 0.15) is 11.2 Å². The van der Waals surface area contributed by atoms with Gasteiger partial charge in [0.15, 0.2) is 11.5 Å². The molecule has 2 aliphatic heterocycles. The monoisotopic (exact) mass is 446 g/mol. The van der Waals surface area contributed by atoms with Gasteiger partial charge in [-0.2, -0.15) is 5.10 Å². The number of hydrogen-bond acceptors (Lipinski definition) is 9. The van der Waals surface area contributed by atoms with Crippen molar-refractivity contribution < 1.29 is 9.84 Å². The highest BCUT2D eigenvalue weighted by Gasteiger charge is 2.47. The largest absolute Gasteiger partial charge is 0.390 e. The van der Waals surface area contributed by atoms with Gasteiger partial charge < -0.3 is 20.5 Å². The summed E-state index contributed by atoms with van der Waals surface area (Å²) in [7, 11) is 0. The zero-order valence-corrected chi connectivity index (χ0v) is 18.4. The van der Waals surface area contributed by atoms with Crippen LogP contribution < -0.4 is 10.6 Å². The Morgan fingerprint density at radius 2 is 1.91 bits per heavy atom. The smallest absolute Gasteiger partial charge is 0.182 e. The van der Waals surface area contributed by atoms with Crippen molar-refractivity contribution in [2.45, 2.75) is 38.5 Å². The normalized spacial score (nSPS) is 22.6. The fraction of sp³-hybridized carbons (Fsp3) is 0.435. The van der Waals surface area contributed by atoms with Crippen LogP contribution in [0.1, 0.15) is 25.5 Å². The van der Waals surface area contributed by atoms with Crippen LogP contribution in [0.3, 0.4) is 0 Å². The molecule has 170 valence electrons. The number of nitrogens with two attached hydrogens (primary N) is 1. The molecule has 0 radical (unpaired) electrons. The Morgan fingerprint density at radius 1 is 1.12 bits per heavy atom. The molecule has 0 unspecified atom stereocenters. The summed E-state index contributed by atoms with van der Waals surface area (Å²) in [5.74, 6) is 0.712. The molecule has 0 saturated carbocycles. The van der Waals surface area contributed by atoms with Gasteiger partial charge in [0, 0.05) is 36.9 Å². The van der Waals surface area contributed by atoms with Crippen LogP contribution in [0, 0.1) is 5.41 Å². The van der Waals surface area contributed by atoms with Gasteiger partial charge in [-0.25, -0.2) is 14.6 Å². The minimum Gasteiger partial charge on any atom is -0.390 e. The van der Waals surface area contributed by atoms with Gasteiger partial charge in [0.2, 0.25) is 0 Å². The highest BCUT2D eigenvalue weighted by Crippen LogP contribution is 2.42. The average Bonchev–Trinajstić information content (AvgIpc) is 3.40. The predicted octanol–water partition coefficient (Wildman–Crippen LogP) is 1.58. The van der Waals surface area contributed by atoms with Crippen molar-refractivity contribution in [2.75, 3.05) is 24.6 Å². The number of ether oxygens (including phenoxy) is 1. The van der Waals surface area contributed by atoms with Crippen LogP contribution in [0.25, 0.3) is 27.9 Å². The first-order valence-corrected chi connectivity index (χ1v) is 11.3. The first-order valence-electron chi connectivity index (χ1n) is 11.3. The number of fused-ring (bicyclic) bond motifs is 2. The number of rotatable bonds is 3. The summed E-state index contributed by atoms with van der Waals surface area (Å²) in [4.78, 5) is 20.5. The SMILES string of the molecule is C[C@@H]1OCC2(CCN(c3nc4cnn(-c5ccc6nccnc6c5)c4nc3CO)CC2)[C@@H]1N. The third-order valence-electron chi connectivity index (χ3n) is 7.20. The molecule has 2 saturated heterocycles. The molecule has 2 atom stereocenters. The highest BCUT2D eigenvalue weighted by molar-refractivity contribution is 5.79. The summed E-state index contributed by atoms with van der Waals surface area (Å²) < 4.78 is 7.57. The average molecular weight is 447 g/mol. The summed E-state index contributed by atoms with van der Waals surface area (Å²) in [6.45, 7) is 4.16. The number of piperidine rings is 1. The van der Waals surface area contributed by atoms with Gasteiger partial charge in [0.25, 0.3) is 0 Å². The Morgan fingerprint density at radius 3 is 2.64 bits per heavy atom. The van der Waals surface area contributed by atoms with Crippen LogP contribution in [0.15, 0.2) is 36.8 Å². The van der Waals surface area contributed by atoms with E-state index in [0.29, 0.717) is 29.3 Å². The third-order valence-corrected chi connectivity index (χ3v) is 7.20. The molecule has 0 aliphatic carbocycles. The van der Waals surface area contributed by atoms with Crippen LogP contribution in [0.5, 0.6) is 0 Å². The summed E-state index contributed by atoms with van der Waals surface area (Å²) in [6, 6.07) is 5.80. The van der Waals surface area contributed by atoms with Crippen molar-refractivity contribution in [3.05, 3.63) is 42.5 Å². The van der Waals surface area contributed by atoms with Gasteiger partial charge in [-0.3, -0.25) is 9.97 Å². The summed E-state index contributed by atoms with van der Waals surface area (Å²) in [6.07, 6.45) is 7.00. The molecule has 3 N–H and O–H groups in total. The van der Waals surface area contributed by atoms with E-state index in [1.165, 1.54) is 0 Å². The molecule has 6 rings (SSSR count). The van der Waals surface area contributed by atoms with E-state index in [4.69, 9.17) is 20.4 Å². The minimum absolute atomic E-state index is 0.0245. The van der Waals surface area contributed by atoms with Gasteiger partial charge >= 0.3 is 0 Å². The second kappa shape index (κ2) is 7.68. The van der Waals surface area contributed by atoms with Crippen LogP contribution in [-0.4, -0.2) is 66.7 Å². The Labute approximate surface area is 190 Å². The lowest BCUT2D eigenvalue weighted by Crippen LogP contribution is -2.51. The molecule has 1 aromatic carbocycles. The highest BCUT2D eigenvalue weighted by atomic mass is 16.5. The number of nitrogens with zero attached hydrogens (tertiary/aromatic N) is 7. The van der Waals surface area contributed by atoms with Crippen molar-refractivity contribution in [3.63, 3.8) is 0 Å². The number of aliphatic hydroxyl groups is 1. The number of aromatic nitrogens is 6. The van der Waals surface area contributed by atoms with Crippen molar-refractivity contribution >= 4 is 28.0 Å². The number of aliphatic hydroxyl groups excluding tert-OH is 1. The molecule has 10 nitrogen and oxygen atoms in total. The van der Waals surface area contributed by atoms with Crippen molar-refractivity contribution in [1.29, 1.82) is 0 Å². The maximum absolute atomic E-state index is 10.1. The Kier molecular flexibility index (Phi) is 4.75. The molecule has 2 aliphatic rings. The summed E-state index contributed by atoms with van der Waals surface area (Å²) in [5.41, 5.74) is 10.7.